The Morgan fingerprint density at radius 1 is 0.614 bits per heavy atom. The quantitative estimate of drug-likeness (QED) is 0.0386. The van der Waals surface area contributed by atoms with Gasteiger partial charge in [0.2, 0.25) is 5.91 Å². The Morgan fingerprint density at radius 2 is 1.02 bits per heavy atom. The van der Waals surface area contributed by atoms with Crippen LogP contribution in [-0.4, -0.2) is 41.9 Å². The van der Waals surface area contributed by atoms with E-state index in [-0.39, 0.29) is 5.91 Å². The van der Waals surface area contributed by atoms with Crippen molar-refractivity contribution in [1.82, 2.24) is 5.32 Å². The van der Waals surface area contributed by atoms with E-state index in [4.69, 9.17) is 0 Å². The molecule has 0 heterocycles. The van der Waals surface area contributed by atoms with Crippen LogP contribution < -0.4 is 5.32 Å². The predicted molar refractivity (Wildman–Crippen MR) is 189 cm³/mol. The molecule has 44 heavy (non-hydrogen) atoms. The summed E-state index contributed by atoms with van der Waals surface area (Å²) in [4.78, 5) is 12.4. The second kappa shape index (κ2) is 31.5. The minimum absolute atomic E-state index is 0.286. The summed E-state index contributed by atoms with van der Waals surface area (Å²) < 4.78 is 32.3. The first-order valence-electron chi connectivity index (χ1n) is 18.2. The average Bonchev–Trinajstić information content (AvgIpc) is 2.98. The maximum Gasteiger partial charge on any atom is 0.267 e. The van der Waals surface area contributed by atoms with Crippen LogP contribution in [0, 0.1) is 0 Å². The molecular weight excluding hydrogens is 570 g/mol. The molecule has 0 aliphatic heterocycles. The molecule has 0 aliphatic rings. The zero-order chi connectivity index (χ0) is 32.6. The molecule has 0 fully saturated rings. The van der Waals surface area contributed by atoms with E-state index in [1.165, 1.54) is 109 Å². The molecule has 0 aromatic carbocycles. The van der Waals surface area contributed by atoms with Gasteiger partial charge in [-0.2, -0.15) is 8.42 Å². The number of aliphatic hydroxyl groups excluding tert-OH is 1. The highest BCUT2D eigenvalue weighted by Crippen LogP contribution is 2.13. The molecule has 258 valence electrons. The van der Waals surface area contributed by atoms with Gasteiger partial charge in [0, 0.05) is 6.42 Å². The second-order valence-electron chi connectivity index (χ2n) is 12.5. The molecule has 0 aliphatic carbocycles. The number of amides is 1. The first-order valence-corrected chi connectivity index (χ1v) is 19.8. The number of carbonyl (C=O) groups excluding carboxylic acids is 1. The topological polar surface area (TPSA) is 104 Å². The summed E-state index contributed by atoms with van der Waals surface area (Å²) >= 11 is 0. The first-order chi connectivity index (χ1) is 21.3. The van der Waals surface area contributed by atoms with Crippen molar-refractivity contribution in [2.24, 2.45) is 0 Å². The number of aliphatic hydroxyl groups is 1. The zero-order valence-corrected chi connectivity index (χ0v) is 29.3. The standard InChI is InChI=1S/C37H69NO5S/c1-3-5-7-9-11-13-15-16-17-18-19-20-21-22-23-25-27-29-31-33-37(40)38-35(34-44(41,42)43)36(39)32-30-28-26-24-14-12-10-8-6-4-2/h11,13,16-17,30,32,35-36,39H,3-10,12,14-15,18-29,31,33-34H2,1-2H3,(H,38,40)(H,41,42,43)/b13-11-,17-16-,32-30+. The van der Waals surface area contributed by atoms with Gasteiger partial charge in [-0.25, -0.2) is 0 Å². The van der Waals surface area contributed by atoms with Gasteiger partial charge >= 0.3 is 0 Å². The van der Waals surface area contributed by atoms with E-state index in [9.17, 15) is 22.9 Å². The highest BCUT2D eigenvalue weighted by Gasteiger charge is 2.24. The molecule has 0 saturated carbocycles. The van der Waals surface area contributed by atoms with Crippen LogP contribution in [0.1, 0.15) is 174 Å². The van der Waals surface area contributed by atoms with E-state index in [1.807, 2.05) is 6.08 Å². The normalized spacial score (nSPS) is 13.8. The summed E-state index contributed by atoms with van der Waals surface area (Å²) in [6.45, 7) is 4.45. The molecule has 0 bridgehead atoms. The van der Waals surface area contributed by atoms with Gasteiger partial charge in [-0.1, -0.05) is 153 Å². The lowest BCUT2D eigenvalue weighted by molar-refractivity contribution is -0.122. The van der Waals surface area contributed by atoms with Crippen molar-refractivity contribution in [1.29, 1.82) is 0 Å². The van der Waals surface area contributed by atoms with Crippen molar-refractivity contribution in [3.05, 3.63) is 36.5 Å². The van der Waals surface area contributed by atoms with Crippen LogP contribution in [0.4, 0.5) is 0 Å². The van der Waals surface area contributed by atoms with Gasteiger partial charge in [-0.15, -0.1) is 0 Å². The molecule has 0 saturated heterocycles. The summed E-state index contributed by atoms with van der Waals surface area (Å²) in [7, 11) is -4.34. The van der Waals surface area contributed by atoms with Crippen molar-refractivity contribution in [2.75, 3.05) is 5.75 Å². The summed E-state index contributed by atoms with van der Waals surface area (Å²) in [6, 6.07) is -1.06. The molecule has 2 unspecified atom stereocenters. The minimum atomic E-state index is -4.34. The molecular formula is C37H69NO5S. The highest BCUT2D eigenvalue weighted by atomic mass is 32.2. The highest BCUT2D eigenvalue weighted by molar-refractivity contribution is 7.85. The summed E-state index contributed by atoms with van der Waals surface area (Å²) in [6.07, 6.45) is 39.8. The Hall–Kier alpha value is -1.44. The zero-order valence-electron chi connectivity index (χ0n) is 28.5. The van der Waals surface area contributed by atoms with Crippen LogP contribution >= 0.6 is 0 Å². The van der Waals surface area contributed by atoms with Crippen molar-refractivity contribution in [3.63, 3.8) is 0 Å². The molecule has 0 rings (SSSR count). The lowest BCUT2D eigenvalue weighted by Gasteiger charge is -2.21. The third kappa shape index (κ3) is 32.0. The molecule has 0 radical (unpaired) electrons. The van der Waals surface area contributed by atoms with Crippen molar-refractivity contribution in [3.8, 4) is 0 Å². The Balaban J connectivity index is 3.93. The number of unbranched alkanes of at least 4 members (excludes halogenated alkanes) is 20. The van der Waals surface area contributed by atoms with Gasteiger partial charge in [0.25, 0.3) is 10.1 Å². The Kier molecular flexibility index (Phi) is 30.5. The average molecular weight is 640 g/mol. The molecule has 1 amide bonds. The van der Waals surface area contributed by atoms with Gasteiger partial charge in [0.15, 0.2) is 0 Å². The van der Waals surface area contributed by atoms with Crippen LogP contribution in [0.5, 0.6) is 0 Å². The van der Waals surface area contributed by atoms with E-state index in [0.29, 0.717) is 6.42 Å². The molecule has 2 atom stereocenters. The lowest BCUT2D eigenvalue weighted by atomic mass is 10.1. The monoisotopic (exact) mass is 639 g/mol. The number of carbonyl (C=O) groups is 1. The first kappa shape index (κ1) is 42.6. The van der Waals surface area contributed by atoms with Gasteiger partial charge in [-0.05, 0) is 51.4 Å². The number of rotatable bonds is 32. The van der Waals surface area contributed by atoms with E-state index in [2.05, 4.69) is 43.5 Å². The molecule has 7 heteroatoms. The van der Waals surface area contributed by atoms with Crippen LogP contribution in [0.15, 0.2) is 36.5 Å². The van der Waals surface area contributed by atoms with Crippen molar-refractivity contribution < 1.29 is 22.9 Å². The number of nitrogens with one attached hydrogen (secondary N) is 1. The lowest BCUT2D eigenvalue weighted by Crippen LogP contribution is -2.46. The Bertz CT molecular complexity index is 837. The fourth-order valence-corrected chi connectivity index (χ4v) is 6.04. The van der Waals surface area contributed by atoms with Gasteiger partial charge < -0.3 is 10.4 Å². The second-order valence-corrected chi connectivity index (χ2v) is 14.0. The van der Waals surface area contributed by atoms with Crippen LogP contribution in [0.25, 0.3) is 0 Å². The van der Waals surface area contributed by atoms with Gasteiger partial charge in [0.1, 0.15) is 0 Å². The number of hydrogen-bond acceptors (Lipinski definition) is 4. The van der Waals surface area contributed by atoms with Gasteiger partial charge in [-0.3, -0.25) is 9.35 Å². The van der Waals surface area contributed by atoms with Crippen molar-refractivity contribution >= 4 is 16.0 Å². The van der Waals surface area contributed by atoms with E-state index in [0.717, 1.165) is 44.9 Å². The van der Waals surface area contributed by atoms with Crippen molar-refractivity contribution in [2.45, 2.75) is 187 Å². The fraction of sp³-hybridized carbons (Fsp3) is 0.811. The van der Waals surface area contributed by atoms with Crippen LogP contribution in [-0.2, 0) is 14.9 Å². The maximum atomic E-state index is 12.4. The summed E-state index contributed by atoms with van der Waals surface area (Å²) in [5, 5.41) is 13.1. The molecule has 6 nitrogen and oxygen atoms in total. The smallest absolute Gasteiger partial charge is 0.267 e. The summed E-state index contributed by atoms with van der Waals surface area (Å²) in [5.74, 6) is -0.985. The Morgan fingerprint density at radius 3 is 1.52 bits per heavy atom. The largest absolute Gasteiger partial charge is 0.387 e. The van der Waals surface area contributed by atoms with E-state index >= 15 is 0 Å². The number of hydrogen-bond donors (Lipinski definition) is 3. The predicted octanol–water partition coefficient (Wildman–Crippen LogP) is 10.2. The maximum absolute atomic E-state index is 12.4. The van der Waals surface area contributed by atoms with Gasteiger partial charge in [0.05, 0.1) is 17.9 Å². The van der Waals surface area contributed by atoms with E-state index in [1.54, 1.807) is 6.08 Å². The number of allylic oxidation sites excluding steroid dienone is 5. The molecule has 3 N–H and O–H groups in total. The fourth-order valence-electron chi connectivity index (χ4n) is 5.30. The molecule has 0 spiro atoms. The van der Waals surface area contributed by atoms with Crippen LogP contribution in [0.2, 0.25) is 0 Å². The SMILES string of the molecule is CCCCC/C=C\C/C=C\CCCCCCCCCCCC(=O)NC(CS(=O)(=O)O)C(O)/C=C/CCCCCCCCCC. The van der Waals surface area contributed by atoms with E-state index < -0.39 is 28.0 Å². The summed E-state index contributed by atoms with van der Waals surface area (Å²) in [5.41, 5.74) is 0. The molecule has 0 aromatic heterocycles. The Labute approximate surface area is 272 Å². The molecule has 0 aromatic rings. The third-order valence-electron chi connectivity index (χ3n) is 8.06. The van der Waals surface area contributed by atoms with Crippen LogP contribution in [0.3, 0.4) is 0 Å². The minimum Gasteiger partial charge on any atom is -0.387 e. The third-order valence-corrected chi connectivity index (χ3v) is 8.84.